The summed E-state index contributed by atoms with van der Waals surface area (Å²) in [6, 6.07) is 12.3. The Kier molecular flexibility index (Phi) is 10.4. The van der Waals surface area contributed by atoms with Gasteiger partial charge in [-0.2, -0.15) is 18.2 Å². The Bertz CT molecular complexity index is 1820. The zero-order chi connectivity index (χ0) is 34.7. The highest BCUT2D eigenvalue weighted by Gasteiger charge is 2.32. The first-order chi connectivity index (χ1) is 22.7. The molecular formula is C35H36ClF4N5O3. The van der Waals surface area contributed by atoms with Crippen molar-refractivity contribution in [2.75, 3.05) is 44.0 Å². The van der Waals surface area contributed by atoms with Gasteiger partial charge in [-0.3, -0.25) is 4.90 Å². The molecule has 254 valence electrons. The fourth-order valence-corrected chi connectivity index (χ4v) is 5.79. The van der Waals surface area contributed by atoms with Crippen LogP contribution < -0.4 is 19.7 Å². The average molecular weight is 686 g/mol. The summed E-state index contributed by atoms with van der Waals surface area (Å²) < 4.78 is 66.6. The molecule has 1 aliphatic heterocycles. The molecule has 2 heterocycles. The number of amides is 1. The molecular weight excluding hydrogens is 650 g/mol. The van der Waals surface area contributed by atoms with Crippen molar-refractivity contribution in [1.29, 1.82) is 0 Å². The summed E-state index contributed by atoms with van der Waals surface area (Å²) in [5, 5.41) is 2.89. The standard InChI is InChI=1S/C35H36ClF4N5O3/c1-20-8-11-26(22(3)21(20)2)29-17-32(48-34(46)45(5)30-15-24(35(38,39)40)9-12-27(30)36)43-33(42-29)41-25-10-13-31(28(37)16-25)47-19-23-7-6-14-44(4)18-23/h8-13,15-17,23H,6-7,14,18-19H2,1-5H3,(H,41,42,43). The number of halogens is 5. The van der Waals surface area contributed by atoms with E-state index in [-0.39, 0.29) is 28.3 Å². The molecule has 13 heteroatoms. The van der Waals surface area contributed by atoms with E-state index in [1.54, 1.807) is 6.07 Å². The molecule has 8 nitrogen and oxygen atoms in total. The second-order valence-electron chi connectivity index (χ2n) is 12.0. The van der Waals surface area contributed by atoms with E-state index in [0.717, 1.165) is 71.3 Å². The Morgan fingerprint density at radius 1 is 1.06 bits per heavy atom. The quantitative estimate of drug-likeness (QED) is 0.186. The smallest absolute Gasteiger partial charge is 0.420 e. The number of anilines is 3. The van der Waals surface area contributed by atoms with E-state index < -0.39 is 23.7 Å². The Hall–Kier alpha value is -4.42. The van der Waals surface area contributed by atoms with Crippen molar-refractivity contribution in [2.24, 2.45) is 5.92 Å². The van der Waals surface area contributed by atoms with Gasteiger partial charge < -0.3 is 19.7 Å². The second-order valence-corrected chi connectivity index (χ2v) is 12.4. The number of nitrogens with zero attached hydrogens (tertiary/aromatic N) is 4. The summed E-state index contributed by atoms with van der Waals surface area (Å²) in [6.45, 7) is 8.23. The number of piperidine rings is 1. The molecule has 0 aliphatic carbocycles. The highest BCUT2D eigenvalue weighted by Crippen LogP contribution is 2.36. The van der Waals surface area contributed by atoms with Crippen molar-refractivity contribution in [2.45, 2.75) is 39.8 Å². The van der Waals surface area contributed by atoms with Crippen LogP contribution in [0.1, 0.15) is 35.1 Å². The molecule has 1 fully saturated rings. The molecule has 0 saturated carbocycles. The molecule has 5 rings (SSSR count). The number of rotatable bonds is 8. The maximum atomic E-state index is 15.1. The highest BCUT2D eigenvalue weighted by atomic mass is 35.5. The third-order valence-corrected chi connectivity index (χ3v) is 8.84. The van der Waals surface area contributed by atoms with E-state index in [0.29, 0.717) is 23.9 Å². The van der Waals surface area contributed by atoms with Gasteiger partial charge in [-0.15, -0.1) is 0 Å². The zero-order valence-corrected chi connectivity index (χ0v) is 28.0. The summed E-state index contributed by atoms with van der Waals surface area (Å²) in [6.07, 6.45) is -3.59. The maximum Gasteiger partial charge on any atom is 0.420 e. The van der Waals surface area contributed by atoms with Crippen molar-refractivity contribution in [3.63, 3.8) is 0 Å². The number of likely N-dealkylation sites (tertiary alicyclic amines) is 1. The largest absolute Gasteiger partial charge is 0.490 e. The van der Waals surface area contributed by atoms with Crippen molar-refractivity contribution < 1.29 is 31.8 Å². The van der Waals surface area contributed by atoms with Gasteiger partial charge in [0.25, 0.3) is 0 Å². The number of hydrogen-bond acceptors (Lipinski definition) is 7. The molecule has 1 saturated heterocycles. The van der Waals surface area contributed by atoms with Crippen molar-refractivity contribution in [3.05, 3.63) is 87.7 Å². The number of carbonyl (C=O) groups is 1. The van der Waals surface area contributed by atoms with Crippen molar-refractivity contribution in [1.82, 2.24) is 14.9 Å². The Balaban J connectivity index is 1.42. The second kappa shape index (κ2) is 14.4. The van der Waals surface area contributed by atoms with Gasteiger partial charge in [-0.05, 0) is 94.2 Å². The molecule has 1 N–H and O–H groups in total. The minimum atomic E-state index is -4.65. The van der Waals surface area contributed by atoms with Gasteiger partial charge in [0.1, 0.15) is 0 Å². The lowest BCUT2D eigenvalue weighted by Crippen LogP contribution is -2.34. The van der Waals surface area contributed by atoms with Crippen LogP contribution in [-0.2, 0) is 6.18 Å². The lowest BCUT2D eigenvalue weighted by molar-refractivity contribution is -0.137. The summed E-state index contributed by atoms with van der Waals surface area (Å²) in [5.74, 6) is -0.337. The number of aryl methyl sites for hydroxylation is 1. The summed E-state index contributed by atoms with van der Waals surface area (Å²) in [7, 11) is 3.29. The monoisotopic (exact) mass is 685 g/mol. The summed E-state index contributed by atoms with van der Waals surface area (Å²) >= 11 is 6.15. The molecule has 0 bridgehead atoms. The summed E-state index contributed by atoms with van der Waals surface area (Å²) in [4.78, 5) is 25.2. The Morgan fingerprint density at radius 3 is 2.54 bits per heavy atom. The van der Waals surface area contributed by atoms with Gasteiger partial charge in [0.05, 0.1) is 28.6 Å². The normalized spacial score (nSPS) is 15.2. The van der Waals surface area contributed by atoms with Gasteiger partial charge in [0.15, 0.2) is 11.6 Å². The minimum Gasteiger partial charge on any atom is -0.490 e. The van der Waals surface area contributed by atoms with Gasteiger partial charge in [-0.1, -0.05) is 23.7 Å². The predicted octanol–water partition coefficient (Wildman–Crippen LogP) is 8.98. The van der Waals surface area contributed by atoms with Crippen LogP contribution in [-0.4, -0.2) is 54.8 Å². The molecule has 1 atom stereocenters. The molecule has 1 aliphatic rings. The van der Waals surface area contributed by atoms with Crippen LogP contribution >= 0.6 is 11.6 Å². The summed E-state index contributed by atoms with van der Waals surface area (Å²) in [5.41, 5.74) is 3.30. The SMILES string of the molecule is Cc1ccc(-c2cc(OC(=O)N(C)c3cc(C(F)(F)F)ccc3Cl)nc(Nc3ccc(OCC4CCCN(C)C4)c(F)c3)n2)c(C)c1C. The number of carbonyl (C=O) groups excluding carboxylic acids is 1. The topological polar surface area (TPSA) is 79.8 Å². The fraction of sp³-hybridized carbons (Fsp3) is 0.343. The Morgan fingerprint density at radius 2 is 1.83 bits per heavy atom. The van der Waals surface area contributed by atoms with E-state index >= 15 is 4.39 Å². The van der Waals surface area contributed by atoms with Crippen LogP contribution in [0.2, 0.25) is 5.02 Å². The zero-order valence-electron chi connectivity index (χ0n) is 27.2. The molecule has 1 unspecified atom stereocenters. The lowest BCUT2D eigenvalue weighted by atomic mass is 9.97. The molecule has 3 aromatic carbocycles. The number of nitrogens with one attached hydrogen (secondary N) is 1. The highest BCUT2D eigenvalue weighted by molar-refractivity contribution is 6.33. The number of ether oxygens (including phenoxy) is 2. The molecule has 0 spiro atoms. The maximum absolute atomic E-state index is 15.1. The van der Waals surface area contributed by atoms with Crippen LogP contribution in [0.3, 0.4) is 0 Å². The number of hydrogen-bond donors (Lipinski definition) is 1. The number of aromatic nitrogens is 2. The first-order valence-corrected chi connectivity index (χ1v) is 15.7. The minimum absolute atomic E-state index is 0.00834. The van der Waals surface area contributed by atoms with Gasteiger partial charge in [0.2, 0.25) is 11.8 Å². The fourth-order valence-electron chi connectivity index (χ4n) is 5.55. The number of alkyl halides is 3. The third-order valence-electron chi connectivity index (χ3n) is 8.52. The van der Waals surface area contributed by atoms with Gasteiger partial charge in [0, 0.05) is 42.9 Å². The van der Waals surface area contributed by atoms with Crippen molar-refractivity contribution >= 4 is 35.0 Å². The predicted molar refractivity (Wildman–Crippen MR) is 178 cm³/mol. The Labute approximate surface area is 281 Å². The third kappa shape index (κ3) is 8.16. The van der Waals surface area contributed by atoms with Crippen LogP contribution in [0, 0.1) is 32.5 Å². The molecule has 48 heavy (non-hydrogen) atoms. The van der Waals surface area contributed by atoms with Crippen LogP contribution in [0.25, 0.3) is 11.3 Å². The van der Waals surface area contributed by atoms with Gasteiger partial charge in [-0.25, -0.2) is 14.2 Å². The van der Waals surface area contributed by atoms with Gasteiger partial charge >= 0.3 is 12.3 Å². The molecule has 4 aromatic rings. The van der Waals surface area contributed by atoms with E-state index in [1.807, 2.05) is 32.9 Å². The average Bonchev–Trinajstić information content (AvgIpc) is 3.02. The van der Waals surface area contributed by atoms with Crippen LogP contribution in [0.4, 0.5) is 39.7 Å². The van der Waals surface area contributed by atoms with E-state index in [1.165, 1.54) is 25.2 Å². The van der Waals surface area contributed by atoms with Crippen LogP contribution in [0.5, 0.6) is 11.6 Å². The first-order valence-electron chi connectivity index (χ1n) is 15.4. The molecule has 0 radical (unpaired) electrons. The van der Waals surface area contributed by atoms with E-state index in [9.17, 15) is 18.0 Å². The van der Waals surface area contributed by atoms with E-state index in [4.69, 9.17) is 21.1 Å². The lowest BCUT2D eigenvalue weighted by Gasteiger charge is -2.29. The van der Waals surface area contributed by atoms with Crippen molar-refractivity contribution in [3.8, 4) is 22.9 Å². The molecule has 1 amide bonds. The first kappa shape index (κ1) is 34.9. The van der Waals surface area contributed by atoms with Crippen LogP contribution in [0.15, 0.2) is 54.6 Å². The number of benzene rings is 3. The molecule has 1 aromatic heterocycles. The van der Waals surface area contributed by atoms with E-state index in [2.05, 4.69) is 27.2 Å².